The molecular weight excluding hydrogens is 230 g/mol. The summed E-state index contributed by atoms with van der Waals surface area (Å²) in [5, 5.41) is 2.58. The van der Waals surface area contributed by atoms with Gasteiger partial charge in [-0.15, -0.1) is 0 Å². The molecule has 0 saturated heterocycles. The van der Waals surface area contributed by atoms with E-state index in [1.54, 1.807) is 0 Å². The van der Waals surface area contributed by atoms with Gasteiger partial charge in [0.25, 0.3) is 0 Å². The van der Waals surface area contributed by atoms with Gasteiger partial charge in [-0.1, -0.05) is 72.8 Å². The third-order valence-electron chi connectivity index (χ3n) is 3.55. The molecule has 0 heterocycles. The second kappa shape index (κ2) is 5.25. The van der Waals surface area contributed by atoms with E-state index < -0.39 is 0 Å². The monoisotopic (exact) mass is 247 g/mol. The van der Waals surface area contributed by atoms with Crippen LogP contribution in [0.3, 0.4) is 0 Å². The van der Waals surface area contributed by atoms with Crippen molar-refractivity contribution in [3.8, 4) is 0 Å². The summed E-state index contributed by atoms with van der Waals surface area (Å²) in [5.41, 5.74) is 8.82. The summed E-state index contributed by atoms with van der Waals surface area (Å²) in [6.07, 6.45) is 0.866. The van der Waals surface area contributed by atoms with Gasteiger partial charge in [0.15, 0.2) is 0 Å². The molecule has 0 radical (unpaired) electrons. The van der Waals surface area contributed by atoms with Gasteiger partial charge in [0.2, 0.25) is 0 Å². The molecule has 0 bridgehead atoms. The molecule has 0 amide bonds. The normalized spacial score (nSPS) is 12.5. The Bertz CT molecular complexity index is 668. The quantitative estimate of drug-likeness (QED) is 0.741. The maximum atomic E-state index is 6.32. The Balaban J connectivity index is 1.94. The Morgan fingerprint density at radius 2 is 1.42 bits per heavy atom. The molecule has 94 valence electrons. The molecule has 0 fully saturated rings. The Kier molecular flexibility index (Phi) is 3.30. The highest BCUT2D eigenvalue weighted by molar-refractivity contribution is 5.85. The molecular formula is C18H17N. The molecule has 19 heavy (non-hydrogen) atoms. The smallest absolute Gasteiger partial charge is 0.0335 e. The van der Waals surface area contributed by atoms with Gasteiger partial charge in [0.05, 0.1) is 0 Å². The zero-order valence-electron chi connectivity index (χ0n) is 10.8. The lowest BCUT2D eigenvalue weighted by Gasteiger charge is -2.13. The first-order valence-corrected chi connectivity index (χ1v) is 6.62. The predicted molar refractivity (Wildman–Crippen MR) is 81.0 cm³/mol. The third-order valence-corrected chi connectivity index (χ3v) is 3.55. The van der Waals surface area contributed by atoms with E-state index in [0.29, 0.717) is 0 Å². The van der Waals surface area contributed by atoms with E-state index in [4.69, 9.17) is 5.73 Å². The first-order chi connectivity index (χ1) is 9.34. The van der Waals surface area contributed by atoms with Crippen molar-refractivity contribution in [3.63, 3.8) is 0 Å². The van der Waals surface area contributed by atoms with Crippen LogP contribution in [0.4, 0.5) is 0 Å². The summed E-state index contributed by atoms with van der Waals surface area (Å²) in [7, 11) is 0. The molecule has 0 aliphatic rings. The van der Waals surface area contributed by atoms with Gasteiger partial charge in [-0.3, -0.25) is 0 Å². The van der Waals surface area contributed by atoms with Gasteiger partial charge in [0.1, 0.15) is 0 Å². The van der Waals surface area contributed by atoms with E-state index in [1.165, 1.54) is 21.9 Å². The zero-order chi connectivity index (χ0) is 13.1. The van der Waals surface area contributed by atoms with Gasteiger partial charge in [-0.2, -0.15) is 0 Å². The minimum absolute atomic E-state index is 0.0482. The van der Waals surface area contributed by atoms with Gasteiger partial charge >= 0.3 is 0 Å². The summed E-state index contributed by atoms with van der Waals surface area (Å²) in [4.78, 5) is 0. The molecule has 2 N–H and O–H groups in total. The molecule has 1 heteroatoms. The van der Waals surface area contributed by atoms with Crippen LogP contribution in [0, 0.1) is 0 Å². The highest BCUT2D eigenvalue weighted by Crippen LogP contribution is 2.23. The van der Waals surface area contributed by atoms with Crippen LogP contribution in [-0.2, 0) is 6.42 Å². The number of hydrogen-bond donors (Lipinski definition) is 1. The van der Waals surface area contributed by atoms with Crippen LogP contribution >= 0.6 is 0 Å². The number of hydrogen-bond acceptors (Lipinski definition) is 1. The van der Waals surface area contributed by atoms with Crippen molar-refractivity contribution in [2.45, 2.75) is 12.5 Å². The van der Waals surface area contributed by atoms with E-state index in [9.17, 15) is 0 Å². The molecule has 0 aromatic heterocycles. The van der Waals surface area contributed by atoms with Crippen molar-refractivity contribution in [3.05, 3.63) is 83.9 Å². The van der Waals surface area contributed by atoms with Gasteiger partial charge in [-0.25, -0.2) is 0 Å². The van der Waals surface area contributed by atoms with Crippen molar-refractivity contribution >= 4 is 10.8 Å². The average molecular weight is 247 g/mol. The Labute approximate surface area is 113 Å². The summed E-state index contributed by atoms with van der Waals surface area (Å²) in [6, 6.07) is 25.2. The molecule has 0 saturated carbocycles. The standard InChI is InChI=1S/C18H17N/c19-18(15-8-2-1-3-9-15)13-16-11-6-10-14-7-4-5-12-17(14)16/h1-12,18H,13,19H2/t18-/m1/s1. The molecule has 0 aliphatic carbocycles. The number of rotatable bonds is 3. The zero-order valence-corrected chi connectivity index (χ0v) is 10.8. The molecule has 1 atom stereocenters. The average Bonchev–Trinajstić information content (AvgIpc) is 2.48. The van der Waals surface area contributed by atoms with Crippen LogP contribution < -0.4 is 5.73 Å². The van der Waals surface area contributed by atoms with Crippen molar-refractivity contribution in [2.75, 3.05) is 0 Å². The Hall–Kier alpha value is -2.12. The minimum Gasteiger partial charge on any atom is -0.324 e. The van der Waals surface area contributed by atoms with Crippen LogP contribution in [0.1, 0.15) is 17.2 Å². The largest absolute Gasteiger partial charge is 0.324 e. The van der Waals surface area contributed by atoms with Crippen LogP contribution in [0.15, 0.2) is 72.8 Å². The van der Waals surface area contributed by atoms with Crippen LogP contribution in [0.2, 0.25) is 0 Å². The molecule has 0 unspecified atom stereocenters. The van der Waals surface area contributed by atoms with E-state index in [2.05, 4.69) is 54.6 Å². The number of nitrogens with two attached hydrogens (primary N) is 1. The SMILES string of the molecule is N[C@H](Cc1cccc2ccccc12)c1ccccc1. The van der Waals surface area contributed by atoms with E-state index in [-0.39, 0.29) is 6.04 Å². The van der Waals surface area contributed by atoms with Gasteiger partial charge < -0.3 is 5.73 Å². The third kappa shape index (κ3) is 2.51. The summed E-state index contributed by atoms with van der Waals surface area (Å²) < 4.78 is 0. The lowest BCUT2D eigenvalue weighted by Crippen LogP contribution is -2.13. The molecule has 3 rings (SSSR count). The van der Waals surface area contributed by atoms with Crippen LogP contribution in [0.5, 0.6) is 0 Å². The minimum atomic E-state index is 0.0482. The maximum absolute atomic E-state index is 6.32. The summed E-state index contributed by atoms with van der Waals surface area (Å²) in [6.45, 7) is 0. The second-order valence-corrected chi connectivity index (χ2v) is 4.86. The fourth-order valence-corrected chi connectivity index (χ4v) is 2.53. The van der Waals surface area contributed by atoms with E-state index in [1.807, 2.05) is 18.2 Å². The Morgan fingerprint density at radius 1 is 0.737 bits per heavy atom. The summed E-state index contributed by atoms with van der Waals surface area (Å²) in [5.74, 6) is 0. The van der Waals surface area contributed by atoms with Crippen molar-refractivity contribution in [2.24, 2.45) is 5.73 Å². The van der Waals surface area contributed by atoms with Crippen molar-refractivity contribution in [1.29, 1.82) is 0 Å². The number of fused-ring (bicyclic) bond motifs is 1. The fourth-order valence-electron chi connectivity index (χ4n) is 2.53. The molecule has 3 aromatic carbocycles. The van der Waals surface area contributed by atoms with Crippen molar-refractivity contribution in [1.82, 2.24) is 0 Å². The molecule has 0 aliphatic heterocycles. The molecule has 3 aromatic rings. The van der Waals surface area contributed by atoms with Gasteiger partial charge in [-0.05, 0) is 28.3 Å². The lowest BCUT2D eigenvalue weighted by atomic mass is 9.95. The summed E-state index contributed by atoms with van der Waals surface area (Å²) >= 11 is 0. The lowest BCUT2D eigenvalue weighted by molar-refractivity contribution is 0.725. The second-order valence-electron chi connectivity index (χ2n) is 4.86. The first-order valence-electron chi connectivity index (χ1n) is 6.62. The topological polar surface area (TPSA) is 26.0 Å². The highest BCUT2D eigenvalue weighted by atomic mass is 14.6. The maximum Gasteiger partial charge on any atom is 0.0335 e. The van der Waals surface area contributed by atoms with E-state index in [0.717, 1.165) is 6.42 Å². The van der Waals surface area contributed by atoms with Crippen molar-refractivity contribution < 1.29 is 0 Å². The molecule has 1 nitrogen and oxygen atoms in total. The predicted octanol–water partition coefficient (Wildman–Crippen LogP) is 4.08. The molecule has 0 spiro atoms. The fraction of sp³-hybridized carbons (Fsp3) is 0.111. The van der Waals surface area contributed by atoms with E-state index >= 15 is 0 Å². The Morgan fingerprint density at radius 3 is 2.26 bits per heavy atom. The van der Waals surface area contributed by atoms with Crippen LogP contribution in [0.25, 0.3) is 10.8 Å². The number of benzene rings is 3. The van der Waals surface area contributed by atoms with Crippen LogP contribution in [-0.4, -0.2) is 0 Å². The first kappa shape index (κ1) is 11.9. The highest BCUT2D eigenvalue weighted by Gasteiger charge is 2.08. The van der Waals surface area contributed by atoms with Gasteiger partial charge in [0, 0.05) is 6.04 Å².